The van der Waals surface area contributed by atoms with Gasteiger partial charge in [0.25, 0.3) is 0 Å². The summed E-state index contributed by atoms with van der Waals surface area (Å²) in [5, 5.41) is 60.6. The summed E-state index contributed by atoms with van der Waals surface area (Å²) in [4.78, 5) is 119. The van der Waals surface area contributed by atoms with Gasteiger partial charge in [0.2, 0.25) is 11.8 Å². The number of hydrogen-bond acceptors (Lipinski definition) is 25. The molecule has 5 aromatic rings. The third-order valence-electron chi connectivity index (χ3n) is 21.6. The van der Waals surface area contributed by atoms with E-state index in [1.54, 1.807) is 51.3 Å². The molecule has 8 aliphatic heterocycles. The van der Waals surface area contributed by atoms with Gasteiger partial charge in [-0.15, -0.1) is 0 Å². The number of azide groups is 1. The monoisotopic (exact) mass is 1930 g/mol. The fourth-order valence-corrected chi connectivity index (χ4v) is 14.3. The lowest BCUT2D eigenvalue weighted by molar-refractivity contribution is -0.126. The molecule has 0 spiro atoms. The van der Waals surface area contributed by atoms with Crippen molar-refractivity contribution in [2.75, 3.05) is 91.6 Å². The van der Waals surface area contributed by atoms with Crippen molar-refractivity contribution in [3.8, 4) is 0 Å². The standard InChI is InChI=1S/C24H37N3O6.C16H31N3O4.C13H16N4O3.C13H18N2O3.C13H15NO3.C13H15NO2.C5H9N.5CH4/c1-16(2)13-19(26-22(30)33-24(3,4)5)21(29)25-18-11-12-27(14-20(18)28)23(31)32-15-17-9-7-6-8-10-17;1-10(2)8-12(19-15(22)23-16(3,4)5)14(21)18-11-6-7-17-9-13(11)20;14-16-15-11-6-7-17(8-12(11)18)13(19)20-9-10-4-2-1-3-5-10;14-11-6-7-15(8-12(11)16)13(17)18-9-10-4-2-1-3-5-10;15-13(14-7-6-11-12(8-14)17-11)16-9-10-4-2-1-3-5-10;15-13(14-9-5-2-6-10-14)16-11-12-7-3-1-4-8-12;1-2-4-6-5-3-1;;;;;/h6-10,16,18-20,28H,11-15H2,1-5H3,(H,25,29)(H,26,30);10-13,17,20H,6-9H2,1-5H3,(H,18,21)(H,19,22);1-5,11-12,18H,6-9H2;1-5,11-12,16H,6-9,14H2;1-5,11-12H,6-9H2;1-5,7-8H,6,9-11H2;1-2,6H,3-5H2;5*1H4/t18?,19-,20?;11?,12-,13?;;;;;;;;;;/m00........../s1. The van der Waals surface area contributed by atoms with Gasteiger partial charge in [-0.1, -0.05) is 246 Å². The van der Waals surface area contributed by atoms with E-state index in [0.717, 1.165) is 73.4 Å². The number of aliphatic hydroxyl groups is 4. The van der Waals surface area contributed by atoms with Crippen LogP contribution in [0.1, 0.15) is 192 Å². The quantitative estimate of drug-likeness (QED) is 0.00811. The Morgan fingerprint density at radius 2 is 0.812 bits per heavy atom. The van der Waals surface area contributed by atoms with Gasteiger partial charge in [-0.3, -0.25) is 9.59 Å². The van der Waals surface area contributed by atoms with E-state index in [9.17, 15) is 63.6 Å². The number of fused-ring (bicyclic) bond motifs is 1. The molecule has 6 saturated heterocycles. The average Bonchev–Trinajstić information content (AvgIpc) is 1.65. The van der Waals surface area contributed by atoms with Gasteiger partial charge in [-0.25, -0.2) is 33.6 Å². The number of aliphatic hydroxyl groups excluding tert-OH is 4. The number of nitrogens with two attached hydrogens (primary N) is 1. The molecule has 36 heteroatoms. The second-order valence-electron chi connectivity index (χ2n) is 36.1. The number of benzene rings is 5. The summed E-state index contributed by atoms with van der Waals surface area (Å²) in [6.45, 7) is 27.7. The maximum atomic E-state index is 12.9. The SMILES string of the molecule is C.C.C.C.C.C1=CCNCC1.CC(C)C[C@H](NC(=O)OC(C)(C)C)C(=O)NC1CCN(C(=O)OCc2ccccc2)CC1O.CC(C)C[C@H](NC(=O)OC(C)(C)C)C(=O)NC1CCNCC1O.NC1CCN(C(=O)OCc2ccccc2)CC1O.O=C(OCc1ccccc1)N1CC=CCC1.O=C(OCc1ccccc1)N1CCC2OC2C1.[N-]=[N+]=NC1CCN(C(=O)OCc2ccccc2)CC1O. The van der Waals surface area contributed by atoms with Crippen LogP contribution < -0.4 is 37.6 Å². The lowest BCUT2D eigenvalue weighted by Gasteiger charge is -2.36. The molecule has 0 bridgehead atoms. The molecule has 0 saturated carbocycles. The number of rotatable bonds is 21. The average molecular weight is 1930 g/mol. The minimum absolute atomic E-state index is 0. The van der Waals surface area contributed by atoms with Crippen molar-refractivity contribution in [3.05, 3.63) is 214 Å². The van der Waals surface area contributed by atoms with Crippen LogP contribution in [0.5, 0.6) is 0 Å². The fourth-order valence-electron chi connectivity index (χ4n) is 14.3. The van der Waals surface area contributed by atoms with E-state index < -0.39 is 96.2 Å². The van der Waals surface area contributed by atoms with E-state index >= 15 is 0 Å². The molecule has 13 rings (SSSR count). The Balaban J connectivity index is 0.000000557. The first-order valence-electron chi connectivity index (χ1n) is 45.9. The Hall–Kier alpha value is -11.6. The zero-order valence-corrected chi connectivity index (χ0v) is 78.5. The van der Waals surface area contributed by atoms with Gasteiger partial charge in [0.1, 0.15) is 62.4 Å². The molecule has 12 N–H and O–H groups in total. The maximum Gasteiger partial charge on any atom is 0.410 e. The summed E-state index contributed by atoms with van der Waals surface area (Å²) < 4.78 is 42.0. The van der Waals surface area contributed by atoms with Crippen molar-refractivity contribution in [2.24, 2.45) is 22.7 Å². The molecule has 138 heavy (non-hydrogen) atoms. The van der Waals surface area contributed by atoms with Gasteiger partial charge < -0.3 is 120 Å². The zero-order chi connectivity index (χ0) is 96.7. The van der Waals surface area contributed by atoms with Crippen LogP contribution in [0.2, 0.25) is 0 Å². The van der Waals surface area contributed by atoms with E-state index in [1.165, 1.54) is 21.1 Å². The number of hydrogen-bond donors (Lipinski definition) is 11. The van der Waals surface area contributed by atoms with Gasteiger partial charge in [0.15, 0.2) is 0 Å². The Morgan fingerprint density at radius 3 is 1.14 bits per heavy atom. The maximum absolute atomic E-state index is 12.9. The van der Waals surface area contributed by atoms with Gasteiger partial charge in [0, 0.05) is 63.3 Å². The highest BCUT2D eigenvalue weighted by Crippen LogP contribution is 2.31. The predicted octanol–water partition coefficient (Wildman–Crippen LogP) is 14.5. The summed E-state index contributed by atoms with van der Waals surface area (Å²) in [6.07, 6.45) is 8.96. The van der Waals surface area contributed by atoms with Crippen LogP contribution in [0.25, 0.3) is 10.4 Å². The van der Waals surface area contributed by atoms with Crippen molar-refractivity contribution in [2.45, 2.75) is 281 Å². The summed E-state index contributed by atoms with van der Waals surface area (Å²) in [6, 6.07) is 44.6. The highest BCUT2D eigenvalue weighted by Gasteiger charge is 2.45. The Morgan fingerprint density at radius 1 is 0.442 bits per heavy atom. The molecule has 0 aromatic heterocycles. The number of ether oxygens (including phenoxy) is 8. The summed E-state index contributed by atoms with van der Waals surface area (Å²) in [5.41, 5.74) is 17.5. The lowest BCUT2D eigenvalue weighted by atomic mass is 9.99. The first-order chi connectivity index (χ1) is 63.6. The number of β-amino-alcohol motifs (C(OH)–C–C–N with tert-alkyl or cyclic N) is 4. The van der Waals surface area contributed by atoms with Crippen molar-refractivity contribution in [1.82, 2.24) is 56.4 Å². The summed E-state index contributed by atoms with van der Waals surface area (Å²) >= 11 is 0. The van der Waals surface area contributed by atoms with Gasteiger partial charge in [-0.2, -0.15) is 0 Å². The normalized spacial score (nSPS) is 20.7. The molecule has 9 amide bonds. The zero-order valence-electron chi connectivity index (χ0n) is 78.5. The fraction of sp³-hybridized carbons (Fsp3) is 0.578. The molecule has 8 heterocycles. The molecule has 36 nitrogen and oxygen atoms in total. The molecule has 10 unspecified atom stereocenters. The molecule has 6 fully saturated rings. The molecular formula is C102H161N15O21. The number of carbonyl (C=O) groups is 9. The number of amides is 9. The van der Waals surface area contributed by atoms with Gasteiger partial charge in [0.05, 0.1) is 74.8 Å². The predicted molar refractivity (Wildman–Crippen MR) is 534 cm³/mol. The molecule has 5 aromatic carbocycles. The van der Waals surface area contributed by atoms with Crippen LogP contribution in [0.3, 0.4) is 0 Å². The lowest BCUT2D eigenvalue weighted by Crippen LogP contribution is -2.58. The number of nitrogens with zero attached hydrogens (tertiary/aromatic N) is 8. The third kappa shape index (κ3) is 48.6. The molecule has 8 aliphatic rings. The highest BCUT2D eigenvalue weighted by atomic mass is 16.6. The van der Waals surface area contributed by atoms with Crippen LogP contribution in [0.15, 0.2) is 181 Å². The van der Waals surface area contributed by atoms with Crippen LogP contribution in [0, 0.1) is 11.8 Å². The number of carbonyl (C=O) groups excluding carboxylic acids is 9. The Bertz CT molecular complexity index is 4410. The Labute approximate surface area is 818 Å². The smallest absolute Gasteiger partial charge is 0.410 e. The topological polar surface area (TPSA) is 475 Å². The number of likely N-dealkylation sites (tertiary alicyclic amines) is 4. The molecule has 0 aliphatic carbocycles. The van der Waals surface area contributed by atoms with Crippen molar-refractivity contribution < 1.29 is 101 Å². The molecule has 12 atom stereocenters. The highest BCUT2D eigenvalue weighted by molar-refractivity contribution is 5.87. The second-order valence-corrected chi connectivity index (χ2v) is 36.1. The van der Waals surface area contributed by atoms with Crippen LogP contribution in [-0.2, 0) is 80.5 Å². The van der Waals surface area contributed by atoms with Gasteiger partial charge >= 0.3 is 42.7 Å². The van der Waals surface area contributed by atoms with Crippen molar-refractivity contribution in [3.63, 3.8) is 0 Å². The molecular weight excluding hydrogens is 1770 g/mol. The van der Waals surface area contributed by atoms with Crippen LogP contribution in [-0.4, -0.2) is 275 Å². The van der Waals surface area contributed by atoms with E-state index in [0.29, 0.717) is 97.1 Å². The van der Waals surface area contributed by atoms with E-state index in [4.69, 9.17) is 49.2 Å². The third-order valence-corrected chi connectivity index (χ3v) is 21.6. The Kier molecular flexibility index (Phi) is 57.9. The summed E-state index contributed by atoms with van der Waals surface area (Å²) in [7, 11) is 0. The minimum atomic E-state index is -0.951. The van der Waals surface area contributed by atoms with Crippen LogP contribution in [0.4, 0.5) is 33.6 Å². The first kappa shape index (κ1) is 122. The second kappa shape index (κ2) is 65.3. The van der Waals surface area contributed by atoms with Crippen LogP contribution >= 0.6 is 0 Å². The summed E-state index contributed by atoms with van der Waals surface area (Å²) in [5.74, 6) is -0.283. The van der Waals surface area contributed by atoms with Gasteiger partial charge in [-0.05, 0) is 158 Å². The van der Waals surface area contributed by atoms with E-state index in [-0.39, 0.29) is 125 Å². The largest absolute Gasteiger partial charge is 0.445 e. The van der Waals surface area contributed by atoms with Crippen molar-refractivity contribution >= 4 is 54.5 Å². The minimum Gasteiger partial charge on any atom is -0.445 e. The number of piperidine rings is 5. The number of alkyl carbamates (subject to hydrolysis) is 2. The molecule has 770 valence electrons. The molecule has 0 radical (unpaired) electrons. The number of epoxide rings is 1. The van der Waals surface area contributed by atoms with E-state index in [2.05, 4.69) is 60.2 Å². The first-order valence-corrected chi connectivity index (χ1v) is 45.9. The number of nitrogens with one attached hydrogen (secondary N) is 6. The van der Waals surface area contributed by atoms with E-state index in [1.807, 2.05) is 185 Å². The van der Waals surface area contributed by atoms with Crippen molar-refractivity contribution in [1.29, 1.82) is 0 Å².